The molecule has 4 rings (SSSR count). The summed E-state index contributed by atoms with van der Waals surface area (Å²) in [6.07, 6.45) is 1.26. The van der Waals surface area contributed by atoms with Crippen LogP contribution in [0.4, 0.5) is 5.69 Å². The summed E-state index contributed by atoms with van der Waals surface area (Å²) in [6, 6.07) is 11.7. The van der Waals surface area contributed by atoms with Gasteiger partial charge in [0, 0.05) is 42.8 Å². The molecule has 0 aromatic heterocycles. The van der Waals surface area contributed by atoms with Crippen LogP contribution in [0.3, 0.4) is 0 Å². The van der Waals surface area contributed by atoms with Gasteiger partial charge in [-0.3, -0.25) is 9.59 Å². The third-order valence-electron chi connectivity index (χ3n) is 6.53. The third kappa shape index (κ3) is 5.23. The van der Waals surface area contributed by atoms with Crippen LogP contribution in [0.1, 0.15) is 30.4 Å². The fourth-order valence-corrected chi connectivity index (χ4v) is 5.82. The number of sulfonamides is 1. The molecule has 0 bridgehead atoms. The summed E-state index contributed by atoms with van der Waals surface area (Å²) in [6.45, 7) is 5.33. The number of carbonyl (C=O) groups is 2. The predicted octanol–water partition coefficient (Wildman–Crippen LogP) is 3.28. The van der Waals surface area contributed by atoms with Crippen LogP contribution in [-0.2, 0) is 19.6 Å². The van der Waals surface area contributed by atoms with Crippen LogP contribution in [0.5, 0.6) is 0 Å². The Balaban J connectivity index is 1.33. The summed E-state index contributed by atoms with van der Waals surface area (Å²) >= 11 is 5.84. The van der Waals surface area contributed by atoms with E-state index in [0.29, 0.717) is 37.5 Å². The number of piperidine rings is 1. The van der Waals surface area contributed by atoms with Gasteiger partial charge in [-0.2, -0.15) is 0 Å². The molecule has 176 valence electrons. The maximum Gasteiger partial charge on any atom is 0.240 e. The molecule has 1 atom stereocenters. The molecule has 0 saturated carbocycles. The van der Waals surface area contributed by atoms with E-state index >= 15 is 0 Å². The Kier molecular flexibility index (Phi) is 6.79. The van der Waals surface area contributed by atoms with Crippen molar-refractivity contribution < 1.29 is 18.0 Å². The minimum absolute atomic E-state index is 0.0336. The number of hydrogen-bond acceptors (Lipinski definition) is 4. The van der Waals surface area contributed by atoms with Crippen LogP contribution in [0.2, 0.25) is 5.02 Å². The van der Waals surface area contributed by atoms with E-state index in [4.69, 9.17) is 11.6 Å². The van der Waals surface area contributed by atoms with Gasteiger partial charge in [-0.1, -0.05) is 17.7 Å². The molecule has 0 aliphatic carbocycles. The van der Waals surface area contributed by atoms with Crippen molar-refractivity contribution in [3.63, 3.8) is 0 Å². The van der Waals surface area contributed by atoms with E-state index in [1.54, 1.807) is 21.9 Å². The first-order chi connectivity index (χ1) is 15.6. The standard InChI is InChI=1S/C24H28ClN3O4S/c1-16-3-6-21(13-17(16)2)28-15-18(14-23(28)29)24(30)27-11-9-20(10-12-27)26-33(31,32)22-7-4-19(25)5-8-22/h3-8,13,18,20,26H,9-12,14-15H2,1-2H3/t18-/m1/s1. The van der Waals surface area contributed by atoms with Crippen molar-refractivity contribution in [2.75, 3.05) is 24.5 Å². The van der Waals surface area contributed by atoms with Crippen LogP contribution >= 0.6 is 11.6 Å². The average molecular weight is 490 g/mol. The first-order valence-electron chi connectivity index (χ1n) is 11.1. The molecule has 0 radical (unpaired) electrons. The third-order valence-corrected chi connectivity index (χ3v) is 8.32. The van der Waals surface area contributed by atoms with Crippen molar-refractivity contribution in [3.05, 3.63) is 58.6 Å². The number of halogens is 1. The Morgan fingerprint density at radius 1 is 1.03 bits per heavy atom. The molecule has 2 aromatic rings. The largest absolute Gasteiger partial charge is 0.342 e. The van der Waals surface area contributed by atoms with Crippen LogP contribution in [0, 0.1) is 19.8 Å². The number of rotatable bonds is 5. The fraction of sp³-hybridized carbons (Fsp3) is 0.417. The molecular formula is C24H28ClN3O4S. The lowest BCUT2D eigenvalue weighted by Gasteiger charge is -2.33. The predicted molar refractivity (Wildman–Crippen MR) is 128 cm³/mol. The molecule has 2 heterocycles. The van der Waals surface area contributed by atoms with E-state index < -0.39 is 10.0 Å². The minimum Gasteiger partial charge on any atom is -0.342 e. The van der Waals surface area contributed by atoms with E-state index in [-0.39, 0.29) is 35.1 Å². The van der Waals surface area contributed by atoms with E-state index in [1.165, 1.54) is 12.1 Å². The molecule has 0 spiro atoms. The number of anilines is 1. The molecule has 7 nitrogen and oxygen atoms in total. The van der Waals surface area contributed by atoms with E-state index in [2.05, 4.69) is 4.72 Å². The minimum atomic E-state index is -3.65. The fourth-order valence-electron chi connectivity index (χ4n) is 4.39. The topological polar surface area (TPSA) is 86.8 Å². The molecule has 2 saturated heterocycles. The van der Waals surface area contributed by atoms with Crippen LogP contribution in [0.15, 0.2) is 47.4 Å². The molecule has 2 aliphatic heterocycles. The Labute approximate surface area is 199 Å². The summed E-state index contributed by atoms with van der Waals surface area (Å²) in [5.41, 5.74) is 3.10. The molecule has 2 aliphatic rings. The van der Waals surface area contributed by atoms with Crippen molar-refractivity contribution >= 4 is 39.1 Å². The van der Waals surface area contributed by atoms with E-state index in [9.17, 15) is 18.0 Å². The van der Waals surface area contributed by atoms with Gasteiger partial charge in [0.15, 0.2) is 0 Å². The van der Waals surface area contributed by atoms with Crippen molar-refractivity contribution in [3.8, 4) is 0 Å². The average Bonchev–Trinajstić information content (AvgIpc) is 3.17. The zero-order chi connectivity index (χ0) is 23.8. The number of nitrogens with zero attached hydrogens (tertiary/aromatic N) is 2. The number of amides is 2. The lowest BCUT2D eigenvalue weighted by atomic mass is 10.0. The normalized spacial score (nSPS) is 19.8. The number of benzene rings is 2. The highest BCUT2D eigenvalue weighted by atomic mass is 35.5. The second-order valence-electron chi connectivity index (χ2n) is 8.85. The first kappa shape index (κ1) is 23.7. The Hall–Kier alpha value is -2.42. The van der Waals surface area contributed by atoms with Crippen LogP contribution < -0.4 is 9.62 Å². The monoisotopic (exact) mass is 489 g/mol. The van der Waals surface area contributed by atoms with Crippen molar-refractivity contribution in [2.45, 2.75) is 44.0 Å². The van der Waals surface area contributed by atoms with Gasteiger partial charge in [0.25, 0.3) is 0 Å². The summed E-state index contributed by atoms with van der Waals surface area (Å²) < 4.78 is 28.0. The number of hydrogen-bond donors (Lipinski definition) is 1. The van der Waals surface area contributed by atoms with E-state index in [0.717, 1.165) is 16.8 Å². The van der Waals surface area contributed by atoms with Gasteiger partial charge in [-0.15, -0.1) is 0 Å². The number of likely N-dealkylation sites (tertiary alicyclic amines) is 1. The molecular weight excluding hydrogens is 462 g/mol. The highest BCUT2D eigenvalue weighted by molar-refractivity contribution is 7.89. The van der Waals surface area contributed by atoms with Crippen LogP contribution in [-0.4, -0.2) is 50.8 Å². The summed E-state index contributed by atoms with van der Waals surface area (Å²) in [4.78, 5) is 29.3. The smallest absolute Gasteiger partial charge is 0.240 e. The number of carbonyl (C=O) groups excluding carboxylic acids is 2. The molecule has 0 unspecified atom stereocenters. The molecule has 1 N–H and O–H groups in total. The van der Waals surface area contributed by atoms with E-state index in [1.807, 2.05) is 32.0 Å². The number of nitrogens with one attached hydrogen (secondary N) is 1. The van der Waals surface area contributed by atoms with Gasteiger partial charge in [0.05, 0.1) is 10.8 Å². The summed E-state index contributed by atoms with van der Waals surface area (Å²) in [5, 5.41) is 0.474. The first-order valence-corrected chi connectivity index (χ1v) is 12.9. The molecule has 2 amide bonds. The van der Waals surface area contributed by atoms with Gasteiger partial charge in [0.2, 0.25) is 21.8 Å². The summed E-state index contributed by atoms with van der Waals surface area (Å²) in [7, 11) is -3.65. The van der Waals surface area contributed by atoms with Gasteiger partial charge in [-0.25, -0.2) is 13.1 Å². The second kappa shape index (κ2) is 9.44. The summed E-state index contributed by atoms with van der Waals surface area (Å²) in [5.74, 6) is -0.447. The highest BCUT2D eigenvalue weighted by Crippen LogP contribution is 2.29. The van der Waals surface area contributed by atoms with Crippen LogP contribution in [0.25, 0.3) is 0 Å². The zero-order valence-corrected chi connectivity index (χ0v) is 20.3. The second-order valence-corrected chi connectivity index (χ2v) is 11.0. The zero-order valence-electron chi connectivity index (χ0n) is 18.8. The lowest BCUT2D eigenvalue weighted by molar-refractivity contribution is -0.136. The molecule has 33 heavy (non-hydrogen) atoms. The Morgan fingerprint density at radius 2 is 1.70 bits per heavy atom. The lowest BCUT2D eigenvalue weighted by Crippen LogP contribution is -2.48. The molecule has 9 heteroatoms. The van der Waals surface area contributed by atoms with Crippen molar-refractivity contribution in [2.24, 2.45) is 5.92 Å². The van der Waals surface area contributed by atoms with Gasteiger partial charge < -0.3 is 9.80 Å². The molecule has 2 fully saturated rings. The quantitative estimate of drug-likeness (QED) is 0.698. The maximum atomic E-state index is 13.1. The van der Waals surface area contributed by atoms with Gasteiger partial charge in [0.1, 0.15) is 0 Å². The Morgan fingerprint density at radius 3 is 2.33 bits per heavy atom. The van der Waals surface area contributed by atoms with Crippen molar-refractivity contribution in [1.82, 2.24) is 9.62 Å². The SMILES string of the molecule is Cc1ccc(N2C[C@H](C(=O)N3CCC(NS(=O)(=O)c4ccc(Cl)cc4)CC3)CC2=O)cc1C. The maximum absolute atomic E-state index is 13.1. The van der Waals surface area contributed by atoms with Crippen molar-refractivity contribution in [1.29, 1.82) is 0 Å². The molecule has 2 aromatic carbocycles. The van der Waals surface area contributed by atoms with Gasteiger partial charge in [-0.05, 0) is 74.2 Å². The van der Waals surface area contributed by atoms with Gasteiger partial charge >= 0.3 is 0 Å². The number of aryl methyl sites for hydroxylation is 2. The highest BCUT2D eigenvalue weighted by Gasteiger charge is 2.38. The Bertz CT molecular complexity index is 1160.